The summed E-state index contributed by atoms with van der Waals surface area (Å²) in [5.41, 5.74) is 0.743. The summed E-state index contributed by atoms with van der Waals surface area (Å²) >= 11 is 1.27. The second-order valence-corrected chi connectivity index (χ2v) is 6.75. The van der Waals surface area contributed by atoms with Crippen LogP contribution in [0.1, 0.15) is 34.4 Å². The largest absolute Gasteiger partial charge is 0.481 e. The lowest BCUT2D eigenvalue weighted by atomic mass is 10.2. The van der Waals surface area contributed by atoms with Crippen molar-refractivity contribution in [2.45, 2.75) is 26.8 Å². The third-order valence-electron chi connectivity index (χ3n) is 3.39. The van der Waals surface area contributed by atoms with Crippen LogP contribution in [0.15, 0.2) is 0 Å². The molecule has 0 atom stereocenters. The number of hydrogen-bond acceptors (Lipinski definition) is 8. The number of nitrogens with one attached hydrogen (secondary N) is 1. The molecule has 0 amide bonds. The van der Waals surface area contributed by atoms with E-state index >= 15 is 0 Å². The Morgan fingerprint density at radius 3 is 2.64 bits per heavy atom. The molecule has 9 heteroatoms. The van der Waals surface area contributed by atoms with Gasteiger partial charge in [-0.15, -0.1) is 11.3 Å². The van der Waals surface area contributed by atoms with Gasteiger partial charge in [0.1, 0.15) is 21.3 Å². The third kappa shape index (κ3) is 4.64. The van der Waals surface area contributed by atoms with E-state index in [2.05, 4.69) is 15.3 Å². The van der Waals surface area contributed by atoms with Crippen LogP contribution in [0, 0.1) is 6.92 Å². The Kier molecular flexibility index (Phi) is 6.27. The molecule has 0 aromatic carbocycles. The van der Waals surface area contributed by atoms with Crippen molar-refractivity contribution in [1.29, 1.82) is 0 Å². The molecule has 0 aliphatic heterocycles. The number of fused-ring (bicyclic) bond motifs is 1. The van der Waals surface area contributed by atoms with Gasteiger partial charge in [0.2, 0.25) is 0 Å². The number of anilines is 1. The first-order valence-electron chi connectivity index (χ1n) is 7.91. The Morgan fingerprint density at radius 2 is 2.04 bits per heavy atom. The molecule has 2 rings (SSSR count). The second-order valence-electron chi connectivity index (χ2n) is 5.75. The van der Waals surface area contributed by atoms with E-state index in [4.69, 9.17) is 9.84 Å². The third-order valence-corrected chi connectivity index (χ3v) is 4.55. The van der Waals surface area contributed by atoms with E-state index in [0.29, 0.717) is 34.5 Å². The first kappa shape index (κ1) is 19.1. The Morgan fingerprint density at radius 1 is 1.32 bits per heavy atom. The Balaban J connectivity index is 2.48. The van der Waals surface area contributed by atoms with Crippen LogP contribution in [-0.2, 0) is 16.1 Å². The maximum Gasteiger partial charge on any atom is 0.348 e. The molecule has 2 aromatic rings. The molecule has 25 heavy (non-hydrogen) atoms. The number of carbonyl (C=O) groups is 2. The van der Waals surface area contributed by atoms with Crippen molar-refractivity contribution in [2.75, 3.05) is 32.6 Å². The van der Waals surface area contributed by atoms with Crippen LogP contribution in [0.3, 0.4) is 0 Å². The Labute approximate surface area is 149 Å². The fourth-order valence-electron chi connectivity index (χ4n) is 2.34. The van der Waals surface area contributed by atoms with Crippen LogP contribution in [0.4, 0.5) is 5.82 Å². The highest BCUT2D eigenvalue weighted by Gasteiger charge is 2.21. The van der Waals surface area contributed by atoms with Gasteiger partial charge >= 0.3 is 11.9 Å². The molecule has 2 aromatic heterocycles. The molecule has 0 unspecified atom stereocenters. The number of aryl methyl sites for hydroxylation is 1. The molecule has 0 aliphatic carbocycles. The lowest BCUT2D eigenvalue weighted by molar-refractivity contribution is -0.136. The van der Waals surface area contributed by atoms with Gasteiger partial charge in [-0.05, 0) is 33.5 Å². The monoisotopic (exact) mass is 366 g/mol. The first-order chi connectivity index (χ1) is 11.8. The zero-order valence-corrected chi connectivity index (χ0v) is 15.6. The number of thiophene rings is 1. The lowest BCUT2D eigenvalue weighted by Crippen LogP contribution is -2.15. The molecular formula is C16H22N4O4S. The normalized spacial score (nSPS) is 11.1. The van der Waals surface area contributed by atoms with Gasteiger partial charge in [-0.1, -0.05) is 0 Å². The van der Waals surface area contributed by atoms with Crippen LogP contribution in [0.5, 0.6) is 0 Å². The summed E-state index contributed by atoms with van der Waals surface area (Å²) in [7, 11) is 3.82. The number of aromatic nitrogens is 2. The maximum atomic E-state index is 12.1. The summed E-state index contributed by atoms with van der Waals surface area (Å²) in [5, 5.41) is 12.6. The van der Waals surface area contributed by atoms with Gasteiger partial charge in [-0.25, -0.2) is 14.8 Å². The summed E-state index contributed by atoms with van der Waals surface area (Å²) < 4.78 is 5.10. The molecule has 0 aliphatic rings. The minimum atomic E-state index is -0.888. The number of nitrogens with zero attached hydrogens (tertiary/aromatic N) is 3. The van der Waals surface area contributed by atoms with Crippen molar-refractivity contribution < 1.29 is 19.4 Å². The number of ether oxygens (including phenoxy) is 1. The van der Waals surface area contributed by atoms with Crippen molar-refractivity contribution in [2.24, 2.45) is 0 Å². The molecule has 8 nitrogen and oxygen atoms in total. The summed E-state index contributed by atoms with van der Waals surface area (Å²) in [4.78, 5) is 35.1. The van der Waals surface area contributed by atoms with E-state index in [1.165, 1.54) is 11.3 Å². The molecule has 2 heterocycles. The number of hydrogen-bond donors (Lipinski definition) is 2. The zero-order valence-electron chi connectivity index (χ0n) is 14.8. The smallest absolute Gasteiger partial charge is 0.348 e. The number of aliphatic carboxylic acids is 1. The standard InChI is InChI=1S/C16H22N4O4S/c1-5-24-16(23)13-9(2)12-14(17-7-6-11(21)22)18-10(8-20(3)4)19-15(12)25-13/h5-8H2,1-4H3,(H,21,22)(H,17,18,19). The van der Waals surface area contributed by atoms with Crippen molar-refractivity contribution >= 4 is 39.3 Å². The fraction of sp³-hybridized carbons (Fsp3) is 0.500. The van der Waals surface area contributed by atoms with E-state index in [1.807, 2.05) is 25.9 Å². The molecule has 0 bridgehead atoms. The van der Waals surface area contributed by atoms with Gasteiger partial charge < -0.3 is 20.1 Å². The van der Waals surface area contributed by atoms with Crippen LogP contribution >= 0.6 is 11.3 Å². The van der Waals surface area contributed by atoms with E-state index in [0.717, 1.165) is 10.9 Å². The van der Waals surface area contributed by atoms with E-state index in [9.17, 15) is 9.59 Å². The predicted molar refractivity (Wildman–Crippen MR) is 96.2 cm³/mol. The van der Waals surface area contributed by atoms with Gasteiger partial charge in [0, 0.05) is 6.54 Å². The Hall–Kier alpha value is -2.26. The van der Waals surface area contributed by atoms with Gasteiger partial charge in [0.25, 0.3) is 0 Å². The number of carboxylic acids is 1. The summed E-state index contributed by atoms with van der Waals surface area (Å²) in [6.07, 6.45) is -0.0254. The van der Waals surface area contributed by atoms with Gasteiger partial charge in [-0.3, -0.25) is 4.79 Å². The number of esters is 1. The number of carbonyl (C=O) groups excluding carboxylic acids is 1. The van der Waals surface area contributed by atoms with Crippen LogP contribution in [0.2, 0.25) is 0 Å². The molecule has 0 radical (unpaired) electrons. The fourth-order valence-corrected chi connectivity index (χ4v) is 3.44. The molecule has 2 N–H and O–H groups in total. The van der Waals surface area contributed by atoms with Crippen LogP contribution in [-0.4, -0.2) is 59.2 Å². The minimum absolute atomic E-state index is 0.0254. The number of carboxylic acid groups (broad SMARTS) is 1. The van der Waals surface area contributed by atoms with Crippen molar-refractivity contribution in [1.82, 2.24) is 14.9 Å². The average Bonchev–Trinajstić information content (AvgIpc) is 2.83. The second kappa shape index (κ2) is 8.21. The van der Waals surface area contributed by atoms with E-state index in [-0.39, 0.29) is 18.9 Å². The van der Waals surface area contributed by atoms with Crippen molar-refractivity contribution in [3.63, 3.8) is 0 Å². The highest BCUT2D eigenvalue weighted by atomic mass is 32.1. The highest BCUT2D eigenvalue weighted by Crippen LogP contribution is 2.34. The minimum Gasteiger partial charge on any atom is -0.481 e. The maximum absolute atomic E-state index is 12.1. The van der Waals surface area contributed by atoms with Gasteiger partial charge in [0.05, 0.1) is 25.0 Å². The molecular weight excluding hydrogens is 344 g/mol. The lowest BCUT2D eigenvalue weighted by Gasteiger charge is -2.11. The van der Waals surface area contributed by atoms with Gasteiger partial charge in [0.15, 0.2) is 0 Å². The predicted octanol–water partition coefficient (Wildman–Crippen LogP) is 2.12. The van der Waals surface area contributed by atoms with Crippen LogP contribution < -0.4 is 5.32 Å². The Bertz CT molecular complexity index is 788. The van der Waals surface area contributed by atoms with Crippen LogP contribution in [0.25, 0.3) is 10.2 Å². The molecule has 0 saturated carbocycles. The van der Waals surface area contributed by atoms with Crippen molar-refractivity contribution in [3.05, 3.63) is 16.3 Å². The zero-order chi connectivity index (χ0) is 18.6. The molecule has 0 saturated heterocycles. The number of rotatable bonds is 8. The molecule has 136 valence electrons. The molecule has 0 spiro atoms. The highest BCUT2D eigenvalue weighted by molar-refractivity contribution is 7.20. The quantitative estimate of drug-likeness (QED) is 0.685. The topological polar surface area (TPSA) is 105 Å². The first-order valence-corrected chi connectivity index (χ1v) is 8.72. The van der Waals surface area contributed by atoms with E-state index < -0.39 is 5.97 Å². The summed E-state index contributed by atoms with van der Waals surface area (Å²) in [6.45, 7) is 4.66. The average molecular weight is 366 g/mol. The SMILES string of the molecule is CCOC(=O)c1sc2nc(CN(C)C)nc(NCCC(=O)O)c2c1C. The molecule has 0 fully saturated rings. The van der Waals surface area contributed by atoms with E-state index in [1.54, 1.807) is 6.92 Å². The van der Waals surface area contributed by atoms with Crippen molar-refractivity contribution in [3.8, 4) is 0 Å². The van der Waals surface area contributed by atoms with Gasteiger partial charge in [-0.2, -0.15) is 0 Å². The summed E-state index contributed by atoms with van der Waals surface area (Å²) in [6, 6.07) is 0. The summed E-state index contributed by atoms with van der Waals surface area (Å²) in [5.74, 6) is -0.117.